The van der Waals surface area contributed by atoms with E-state index in [1.165, 1.54) is 6.42 Å². The van der Waals surface area contributed by atoms with Crippen LogP contribution in [0.25, 0.3) is 5.65 Å². The summed E-state index contributed by atoms with van der Waals surface area (Å²) >= 11 is 6.07. The van der Waals surface area contributed by atoms with Gasteiger partial charge in [-0.1, -0.05) is 11.6 Å². The number of halogens is 1. The Labute approximate surface area is 98.6 Å². The van der Waals surface area contributed by atoms with Gasteiger partial charge in [0.2, 0.25) is 0 Å². The standard InChI is InChI=1S/C11H13ClN4/c12-9-4-2-6-16-11(9)14-10(15-16)8-3-1-5-13-7-8/h2,4,6,8,13H,1,3,5,7H2. The maximum absolute atomic E-state index is 6.07. The molecule has 0 aromatic carbocycles. The first kappa shape index (κ1) is 10.1. The molecule has 0 bridgehead atoms. The SMILES string of the molecule is Clc1cccn2nc(C3CCCNC3)nc12. The van der Waals surface area contributed by atoms with Crippen molar-refractivity contribution in [2.75, 3.05) is 13.1 Å². The maximum Gasteiger partial charge on any atom is 0.174 e. The van der Waals surface area contributed by atoms with Crippen LogP contribution in [0.15, 0.2) is 18.3 Å². The van der Waals surface area contributed by atoms with E-state index in [1.54, 1.807) is 4.52 Å². The van der Waals surface area contributed by atoms with Crippen molar-refractivity contribution in [3.05, 3.63) is 29.2 Å². The van der Waals surface area contributed by atoms with E-state index in [0.29, 0.717) is 10.9 Å². The molecule has 1 unspecified atom stereocenters. The van der Waals surface area contributed by atoms with Gasteiger partial charge in [-0.05, 0) is 31.5 Å². The average Bonchev–Trinajstić information content (AvgIpc) is 2.76. The fourth-order valence-corrected chi connectivity index (χ4v) is 2.34. The molecule has 0 aliphatic carbocycles. The molecular weight excluding hydrogens is 224 g/mol. The number of pyridine rings is 1. The van der Waals surface area contributed by atoms with Crippen LogP contribution in [0.1, 0.15) is 24.6 Å². The molecule has 2 aromatic heterocycles. The van der Waals surface area contributed by atoms with Crippen LogP contribution < -0.4 is 5.32 Å². The fourth-order valence-electron chi connectivity index (χ4n) is 2.14. The van der Waals surface area contributed by atoms with E-state index in [2.05, 4.69) is 15.4 Å². The largest absolute Gasteiger partial charge is 0.316 e. The van der Waals surface area contributed by atoms with E-state index >= 15 is 0 Å². The second-order valence-corrected chi connectivity index (χ2v) is 4.54. The van der Waals surface area contributed by atoms with E-state index in [-0.39, 0.29) is 0 Å². The first-order chi connectivity index (χ1) is 7.84. The van der Waals surface area contributed by atoms with Crippen molar-refractivity contribution in [1.82, 2.24) is 19.9 Å². The Balaban J connectivity index is 2.01. The smallest absolute Gasteiger partial charge is 0.174 e. The van der Waals surface area contributed by atoms with Crippen molar-refractivity contribution >= 4 is 17.2 Å². The summed E-state index contributed by atoms with van der Waals surface area (Å²) in [5.74, 6) is 1.32. The number of aromatic nitrogens is 3. The Morgan fingerprint density at radius 3 is 3.19 bits per heavy atom. The third kappa shape index (κ3) is 1.68. The second kappa shape index (κ2) is 4.03. The summed E-state index contributed by atoms with van der Waals surface area (Å²) in [5, 5.41) is 8.51. The van der Waals surface area contributed by atoms with Crippen LogP contribution in [0.4, 0.5) is 0 Å². The Morgan fingerprint density at radius 1 is 1.50 bits per heavy atom. The van der Waals surface area contributed by atoms with Crippen molar-refractivity contribution in [2.24, 2.45) is 0 Å². The van der Waals surface area contributed by atoms with Crippen LogP contribution in [0.2, 0.25) is 5.02 Å². The Hall–Kier alpha value is -1.13. The first-order valence-electron chi connectivity index (χ1n) is 5.56. The highest BCUT2D eigenvalue weighted by molar-refractivity contribution is 6.33. The highest BCUT2D eigenvalue weighted by atomic mass is 35.5. The quantitative estimate of drug-likeness (QED) is 0.822. The molecule has 3 rings (SSSR count). The predicted octanol–water partition coefficient (Wildman–Crippen LogP) is 1.85. The highest BCUT2D eigenvalue weighted by Crippen LogP contribution is 2.22. The van der Waals surface area contributed by atoms with Gasteiger partial charge in [-0.2, -0.15) is 5.10 Å². The molecule has 1 aliphatic rings. The fraction of sp³-hybridized carbons (Fsp3) is 0.455. The van der Waals surface area contributed by atoms with Crippen molar-refractivity contribution in [1.29, 1.82) is 0 Å². The summed E-state index contributed by atoms with van der Waals surface area (Å²) in [7, 11) is 0. The van der Waals surface area contributed by atoms with Crippen molar-refractivity contribution in [2.45, 2.75) is 18.8 Å². The minimum atomic E-state index is 0.421. The first-order valence-corrected chi connectivity index (χ1v) is 5.94. The minimum Gasteiger partial charge on any atom is -0.316 e. The maximum atomic E-state index is 6.07. The Bertz CT molecular complexity index is 502. The van der Waals surface area contributed by atoms with Gasteiger partial charge in [0, 0.05) is 18.7 Å². The molecule has 0 radical (unpaired) electrons. The summed E-state index contributed by atoms with van der Waals surface area (Å²) in [6.07, 6.45) is 4.23. The molecule has 0 amide bonds. The zero-order valence-corrected chi connectivity index (χ0v) is 9.61. The van der Waals surface area contributed by atoms with Gasteiger partial charge < -0.3 is 5.32 Å². The molecule has 1 fully saturated rings. The van der Waals surface area contributed by atoms with Gasteiger partial charge >= 0.3 is 0 Å². The van der Waals surface area contributed by atoms with Crippen molar-refractivity contribution < 1.29 is 0 Å². The molecular formula is C11H13ClN4. The third-order valence-electron chi connectivity index (χ3n) is 2.99. The monoisotopic (exact) mass is 236 g/mol. The second-order valence-electron chi connectivity index (χ2n) is 4.14. The van der Waals surface area contributed by atoms with Gasteiger partial charge in [-0.25, -0.2) is 9.50 Å². The van der Waals surface area contributed by atoms with Gasteiger partial charge in [-0.15, -0.1) is 0 Å². The van der Waals surface area contributed by atoms with Gasteiger partial charge in [-0.3, -0.25) is 0 Å². The number of fused-ring (bicyclic) bond motifs is 1. The van der Waals surface area contributed by atoms with E-state index in [9.17, 15) is 0 Å². The zero-order chi connectivity index (χ0) is 11.0. The van der Waals surface area contributed by atoms with Crippen LogP contribution in [0.5, 0.6) is 0 Å². The zero-order valence-electron chi connectivity index (χ0n) is 8.86. The normalized spacial score (nSPS) is 21.4. The van der Waals surface area contributed by atoms with E-state index in [1.807, 2.05) is 18.3 Å². The number of nitrogens with one attached hydrogen (secondary N) is 1. The molecule has 84 valence electrons. The van der Waals surface area contributed by atoms with E-state index < -0.39 is 0 Å². The lowest BCUT2D eigenvalue weighted by Gasteiger charge is -2.19. The third-order valence-corrected chi connectivity index (χ3v) is 3.29. The van der Waals surface area contributed by atoms with Crippen LogP contribution in [-0.2, 0) is 0 Å². The lowest BCUT2D eigenvalue weighted by molar-refractivity contribution is 0.447. The lowest BCUT2D eigenvalue weighted by atomic mass is 9.99. The Kier molecular flexibility index (Phi) is 2.53. The van der Waals surface area contributed by atoms with Crippen LogP contribution in [0, 0.1) is 0 Å². The van der Waals surface area contributed by atoms with Crippen LogP contribution >= 0.6 is 11.6 Å². The van der Waals surface area contributed by atoms with Gasteiger partial charge in [0.05, 0.1) is 5.02 Å². The molecule has 1 N–H and O–H groups in total. The molecule has 1 saturated heterocycles. The molecule has 3 heterocycles. The van der Waals surface area contributed by atoms with E-state index in [0.717, 1.165) is 31.0 Å². The molecule has 4 nitrogen and oxygen atoms in total. The molecule has 1 aliphatic heterocycles. The average molecular weight is 237 g/mol. The molecule has 2 aromatic rings. The predicted molar refractivity (Wildman–Crippen MR) is 62.8 cm³/mol. The number of hydrogen-bond acceptors (Lipinski definition) is 3. The summed E-state index contributed by atoms with van der Waals surface area (Å²) in [6.45, 7) is 2.07. The molecule has 16 heavy (non-hydrogen) atoms. The van der Waals surface area contributed by atoms with Gasteiger partial charge in [0.25, 0.3) is 0 Å². The molecule has 1 atom stereocenters. The number of piperidine rings is 1. The lowest BCUT2D eigenvalue weighted by Crippen LogP contribution is -2.28. The molecule has 5 heteroatoms. The summed E-state index contributed by atoms with van der Waals surface area (Å²) in [5.41, 5.74) is 0.754. The molecule has 0 spiro atoms. The summed E-state index contributed by atoms with van der Waals surface area (Å²) < 4.78 is 1.76. The number of nitrogens with zero attached hydrogens (tertiary/aromatic N) is 3. The van der Waals surface area contributed by atoms with Crippen LogP contribution in [-0.4, -0.2) is 27.7 Å². The summed E-state index contributed by atoms with van der Waals surface area (Å²) in [4.78, 5) is 4.52. The number of rotatable bonds is 1. The topological polar surface area (TPSA) is 42.2 Å². The van der Waals surface area contributed by atoms with Gasteiger partial charge in [0.1, 0.15) is 0 Å². The highest BCUT2D eigenvalue weighted by Gasteiger charge is 2.20. The summed E-state index contributed by atoms with van der Waals surface area (Å²) in [6, 6.07) is 3.72. The van der Waals surface area contributed by atoms with Crippen molar-refractivity contribution in [3.63, 3.8) is 0 Å². The van der Waals surface area contributed by atoms with E-state index in [4.69, 9.17) is 11.6 Å². The minimum absolute atomic E-state index is 0.421. The molecule has 0 saturated carbocycles. The van der Waals surface area contributed by atoms with Crippen LogP contribution in [0.3, 0.4) is 0 Å². The van der Waals surface area contributed by atoms with Crippen molar-refractivity contribution in [3.8, 4) is 0 Å². The Morgan fingerprint density at radius 2 is 2.44 bits per heavy atom. The number of hydrogen-bond donors (Lipinski definition) is 1. The van der Waals surface area contributed by atoms with Gasteiger partial charge in [0.15, 0.2) is 11.5 Å².